The number of hydrogen-bond acceptors (Lipinski definition) is 4. The van der Waals surface area contributed by atoms with Crippen LogP contribution in [0.1, 0.15) is 39.0 Å². The van der Waals surface area contributed by atoms with Crippen LogP contribution in [0.25, 0.3) is 11.3 Å². The molecule has 24 heavy (non-hydrogen) atoms. The molecular formula is C18H23N3O2S. The Labute approximate surface area is 146 Å². The molecule has 0 unspecified atom stereocenters. The van der Waals surface area contributed by atoms with Crippen LogP contribution in [0, 0.1) is 0 Å². The molecule has 0 saturated heterocycles. The highest BCUT2D eigenvalue weighted by Gasteiger charge is 2.07. The van der Waals surface area contributed by atoms with Gasteiger partial charge < -0.3 is 10.6 Å². The van der Waals surface area contributed by atoms with Crippen molar-refractivity contribution in [3.8, 4) is 11.3 Å². The normalized spacial score (nSPS) is 10.4. The van der Waals surface area contributed by atoms with Crippen LogP contribution in [0.3, 0.4) is 0 Å². The van der Waals surface area contributed by atoms with E-state index >= 15 is 0 Å². The van der Waals surface area contributed by atoms with E-state index in [0.29, 0.717) is 18.1 Å². The highest BCUT2D eigenvalue weighted by Crippen LogP contribution is 2.24. The molecule has 0 fully saturated rings. The number of unbranched alkanes of at least 4 members (excludes halogenated alkanes) is 3. The van der Waals surface area contributed by atoms with Gasteiger partial charge in [0.05, 0.1) is 5.69 Å². The number of nitrogens with one attached hydrogen (secondary N) is 2. The van der Waals surface area contributed by atoms with Crippen LogP contribution in [-0.4, -0.2) is 23.3 Å². The smallest absolute Gasteiger partial charge is 0.226 e. The lowest BCUT2D eigenvalue weighted by molar-refractivity contribution is -0.119. The summed E-state index contributed by atoms with van der Waals surface area (Å²) in [4.78, 5) is 27.1. The molecule has 2 N–H and O–H groups in total. The van der Waals surface area contributed by atoms with Crippen LogP contribution < -0.4 is 10.6 Å². The van der Waals surface area contributed by atoms with E-state index in [-0.39, 0.29) is 11.8 Å². The number of hydrogen-bond donors (Lipinski definition) is 2. The van der Waals surface area contributed by atoms with Crippen molar-refractivity contribution in [2.45, 2.75) is 39.0 Å². The molecule has 0 aliphatic carbocycles. The van der Waals surface area contributed by atoms with Gasteiger partial charge in [-0.05, 0) is 12.8 Å². The third kappa shape index (κ3) is 6.50. The average Bonchev–Trinajstić information content (AvgIpc) is 3.03. The van der Waals surface area contributed by atoms with Gasteiger partial charge >= 0.3 is 0 Å². The number of carbonyl (C=O) groups excluding carboxylic acids is 2. The average molecular weight is 345 g/mol. The second-order valence-corrected chi connectivity index (χ2v) is 6.46. The summed E-state index contributed by atoms with van der Waals surface area (Å²) < 4.78 is 0. The van der Waals surface area contributed by atoms with Crippen molar-refractivity contribution in [2.24, 2.45) is 0 Å². The molecule has 5 nitrogen and oxygen atoms in total. The third-order valence-corrected chi connectivity index (χ3v) is 4.28. The predicted molar refractivity (Wildman–Crippen MR) is 97.9 cm³/mol. The van der Waals surface area contributed by atoms with E-state index in [0.717, 1.165) is 36.9 Å². The van der Waals surface area contributed by atoms with Gasteiger partial charge in [0.1, 0.15) is 0 Å². The molecular weight excluding hydrogens is 322 g/mol. The van der Waals surface area contributed by atoms with Crippen molar-refractivity contribution in [1.29, 1.82) is 0 Å². The lowest BCUT2D eigenvalue weighted by Crippen LogP contribution is -2.20. The highest BCUT2D eigenvalue weighted by atomic mass is 32.1. The van der Waals surface area contributed by atoms with E-state index in [9.17, 15) is 9.59 Å². The Balaban J connectivity index is 1.64. The number of aromatic nitrogens is 1. The van der Waals surface area contributed by atoms with Gasteiger partial charge in [-0.3, -0.25) is 9.59 Å². The van der Waals surface area contributed by atoms with E-state index in [2.05, 4.69) is 15.6 Å². The molecule has 0 spiro atoms. The van der Waals surface area contributed by atoms with Crippen LogP contribution in [-0.2, 0) is 9.59 Å². The number of anilines is 1. The van der Waals surface area contributed by atoms with E-state index in [1.54, 1.807) is 0 Å². The van der Waals surface area contributed by atoms with E-state index < -0.39 is 0 Å². The van der Waals surface area contributed by atoms with Gasteiger partial charge in [-0.15, -0.1) is 11.3 Å². The Morgan fingerprint density at radius 1 is 1.08 bits per heavy atom. The van der Waals surface area contributed by atoms with Crippen LogP contribution >= 0.6 is 11.3 Å². The first kappa shape index (κ1) is 18.1. The molecule has 2 amide bonds. The van der Waals surface area contributed by atoms with E-state index in [1.165, 1.54) is 18.3 Å². The number of carbonyl (C=O) groups is 2. The maximum absolute atomic E-state index is 11.9. The number of nitrogens with zero attached hydrogens (tertiary/aromatic N) is 1. The third-order valence-electron chi connectivity index (χ3n) is 3.52. The van der Waals surface area contributed by atoms with Gasteiger partial charge in [0.2, 0.25) is 11.8 Å². The largest absolute Gasteiger partial charge is 0.356 e. The Morgan fingerprint density at radius 2 is 1.83 bits per heavy atom. The van der Waals surface area contributed by atoms with Crippen molar-refractivity contribution >= 4 is 28.3 Å². The van der Waals surface area contributed by atoms with Crippen LogP contribution in [0.2, 0.25) is 0 Å². The molecule has 0 aliphatic heterocycles. The topological polar surface area (TPSA) is 71.1 Å². The SMILES string of the molecule is CC(=O)NCCCCCCC(=O)Nc1nc(-c2ccccc2)cs1. The summed E-state index contributed by atoms with van der Waals surface area (Å²) in [5.74, 6) is 0.0125. The molecule has 0 radical (unpaired) electrons. The fourth-order valence-electron chi connectivity index (χ4n) is 2.28. The van der Waals surface area contributed by atoms with Gasteiger partial charge in [-0.25, -0.2) is 4.98 Å². The van der Waals surface area contributed by atoms with Crippen LogP contribution in [0.4, 0.5) is 5.13 Å². The summed E-state index contributed by atoms with van der Waals surface area (Å²) in [7, 11) is 0. The van der Waals surface area contributed by atoms with Crippen molar-refractivity contribution in [2.75, 3.05) is 11.9 Å². The second kappa shape index (κ2) is 9.82. The van der Waals surface area contributed by atoms with Gasteiger partial charge in [0, 0.05) is 30.8 Å². The van der Waals surface area contributed by atoms with Crippen molar-refractivity contribution < 1.29 is 9.59 Å². The van der Waals surface area contributed by atoms with Gasteiger partial charge in [0.15, 0.2) is 5.13 Å². The van der Waals surface area contributed by atoms with Gasteiger partial charge in [-0.1, -0.05) is 43.2 Å². The zero-order valence-corrected chi connectivity index (χ0v) is 14.7. The molecule has 0 atom stereocenters. The zero-order valence-electron chi connectivity index (χ0n) is 13.9. The maximum Gasteiger partial charge on any atom is 0.226 e. The van der Waals surface area contributed by atoms with Crippen LogP contribution in [0.5, 0.6) is 0 Å². The molecule has 128 valence electrons. The summed E-state index contributed by atoms with van der Waals surface area (Å²) in [5.41, 5.74) is 1.93. The molecule has 0 saturated carbocycles. The second-order valence-electron chi connectivity index (χ2n) is 5.60. The molecule has 1 aromatic carbocycles. The Kier molecular flexibility index (Phi) is 7.42. The Bertz CT molecular complexity index is 655. The molecule has 2 aromatic rings. The van der Waals surface area contributed by atoms with Crippen LogP contribution in [0.15, 0.2) is 35.7 Å². The monoisotopic (exact) mass is 345 g/mol. The van der Waals surface area contributed by atoms with E-state index in [1.807, 2.05) is 35.7 Å². The molecule has 1 heterocycles. The number of amides is 2. The summed E-state index contributed by atoms with van der Waals surface area (Å²) in [5, 5.41) is 8.22. The maximum atomic E-state index is 11.9. The molecule has 2 rings (SSSR count). The fourth-order valence-corrected chi connectivity index (χ4v) is 3.02. The number of thiazole rings is 1. The highest BCUT2D eigenvalue weighted by molar-refractivity contribution is 7.14. The molecule has 1 aromatic heterocycles. The Morgan fingerprint density at radius 3 is 2.58 bits per heavy atom. The predicted octanol–water partition coefficient (Wildman–Crippen LogP) is 3.84. The first-order chi connectivity index (χ1) is 11.6. The summed E-state index contributed by atoms with van der Waals surface area (Å²) in [6.07, 6.45) is 4.31. The van der Waals surface area contributed by atoms with Gasteiger partial charge in [-0.2, -0.15) is 0 Å². The minimum Gasteiger partial charge on any atom is -0.356 e. The fraction of sp³-hybridized carbons (Fsp3) is 0.389. The van der Waals surface area contributed by atoms with Gasteiger partial charge in [0.25, 0.3) is 0 Å². The zero-order chi connectivity index (χ0) is 17.2. The van der Waals surface area contributed by atoms with E-state index in [4.69, 9.17) is 0 Å². The lowest BCUT2D eigenvalue weighted by atomic mass is 10.1. The van der Waals surface area contributed by atoms with Crippen molar-refractivity contribution in [1.82, 2.24) is 10.3 Å². The number of rotatable bonds is 9. The van der Waals surface area contributed by atoms with Crippen molar-refractivity contribution in [3.05, 3.63) is 35.7 Å². The first-order valence-electron chi connectivity index (χ1n) is 8.20. The summed E-state index contributed by atoms with van der Waals surface area (Å²) >= 11 is 1.44. The summed E-state index contributed by atoms with van der Waals surface area (Å²) in [6, 6.07) is 9.91. The molecule has 0 aliphatic rings. The molecule has 6 heteroatoms. The molecule has 0 bridgehead atoms. The summed E-state index contributed by atoms with van der Waals surface area (Å²) in [6.45, 7) is 2.23. The number of benzene rings is 1. The standard InChI is InChI=1S/C18H23N3O2S/c1-14(22)19-12-8-3-2-7-11-17(23)21-18-20-16(13-24-18)15-9-5-4-6-10-15/h4-6,9-10,13H,2-3,7-8,11-12H2,1H3,(H,19,22)(H,20,21,23). The van der Waals surface area contributed by atoms with Crippen molar-refractivity contribution in [3.63, 3.8) is 0 Å². The minimum atomic E-state index is 0.00539. The first-order valence-corrected chi connectivity index (χ1v) is 9.08. The Hall–Kier alpha value is -2.21. The minimum absolute atomic E-state index is 0.00539. The lowest BCUT2D eigenvalue weighted by Gasteiger charge is -2.03. The quantitative estimate of drug-likeness (QED) is 0.678.